The van der Waals surface area contributed by atoms with Crippen LogP contribution in [-0.2, 0) is 0 Å². The number of carbonyl (C=O) groups excluding carboxylic acids is 1. The van der Waals surface area contributed by atoms with Crippen LogP contribution in [-0.4, -0.2) is 22.0 Å². The summed E-state index contributed by atoms with van der Waals surface area (Å²) in [5, 5.41) is 12.5. The van der Waals surface area contributed by atoms with Crippen molar-refractivity contribution in [1.82, 2.24) is 10.3 Å². The average Bonchev–Trinajstić information content (AvgIpc) is 2.39. The summed E-state index contributed by atoms with van der Waals surface area (Å²) in [6.07, 6.45) is 7.47. The Kier molecular flexibility index (Phi) is 4.40. The third-order valence-electron chi connectivity index (χ3n) is 3.98. The van der Waals surface area contributed by atoms with E-state index in [2.05, 4.69) is 24.1 Å². The van der Waals surface area contributed by atoms with Gasteiger partial charge in [-0.1, -0.05) is 26.7 Å². The van der Waals surface area contributed by atoms with E-state index >= 15 is 0 Å². The molecule has 1 aliphatic carbocycles. The monoisotopic (exact) mass is 262 g/mol. The quantitative estimate of drug-likeness (QED) is 0.880. The molecule has 4 nitrogen and oxygen atoms in total. The fraction of sp³-hybridized carbons (Fsp3) is 0.600. The summed E-state index contributed by atoms with van der Waals surface area (Å²) >= 11 is 0. The van der Waals surface area contributed by atoms with Crippen molar-refractivity contribution in [2.45, 2.75) is 45.6 Å². The van der Waals surface area contributed by atoms with E-state index in [0.717, 1.165) is 6.42 Å². The van der Waals surface area contributed by atoms with E-state index in [1.54, 1.807) is 0 Å². The highest BCUT2D eigenvalue weighted by molar-refractivity contribution is 5.94. The lowest BCUT2D eigenvalue weighted by molar-refractivity contribution is 0.0888. The predicted octanol–water partition coefficient (Wildman–Crippen LogP) is 2.73. The molecule has 0 aliphatic heterocycles. The van der Waals surface area contributed by atoms with Gasteiger partial charge in [0.05, 0.1) is 11.8 Å². The lowest BCUT2D eigenvalue weighted by Crippen LogP contribution is -2.43. The Morgan fingerprint density at radius 1 is 1.37 bits per heavy atom. The molecule has 0 saturated heterocycles. The van der Waals surface area contributed by atoms with Gasteiger partial charge in [-0.25, -0.2) is 0 Å². The minimum absolute atomic E-state index is 0.0247. The van der Waals surface area contributed by atoms with Gasteiger partial charge in [0.15, 0.2) is 0 Å². The second-order valence-corrected chi connectivity index (χ2v) is 5.70. The van der Waals surface area contributed by atoms with Crippen molar-refractivity contribution in [2.75, 3.05) is 0 Å². The fourth-order valence-electron chi connectivity index (χ4n) is 2.94. The Morgan fingerprint density at radius 2 is 2.11 bits per heavy atom. The largest absolute Gasteiger partial charge is 0.506 e. The highest BCUT2D eigenvalue weighted by Gasteiger charge is 2.28. The van der Waals surface area contributed by atoms with Crippen molar-refractivity contribution >= 4 is 5.91 Å². The van der Waals surface area contributed by atoms with E-state index in [9.17, 15) is 9.90 Å². The van der Waals surface area contributed by atoms with Crippen LogP contribution in [0.3, 0.4) is 0 Å². The van der Waals surface area contributed by atoms with E-state index in [4.69, 9.17) is 0 Å². The van der Waals surface area contributed by atoms with Crippen molar-refractivity contribution in [3.05, 3.63) is 24.0 Å². The maximum atomic E-state index is 12.2. The molecular formula is C15H22N2O2. The van der Waals surface area contributed by atoms with Crippen LogP contribution in [0.4, 0.5) is 0 Å². The van der Waals surface area contributed by atoms with Gasteiger partial charge in [-0.2, -0.15) is 0 Å². The van der Waals surface area contributed by atoms with Crippen molar-refractivity contribution in [3.8, 4) is 5.75 Å². The van der Waals surface area contributed by atoms with Gasteiger partial charge in [0, 0.05) is 12.2 Å². The summed E-state index contributed by atoms with van der Waals surface area (Å²) < 4.78 is 0. The Labute approximate surface area is 114 Å². The molecule has 2 atom stereocenters. The molecule has 1 fully saturated rings. The van der Waals surface area contributed by atoms with Gasteiger partial charge >= 0.3 is 0 Å². The van der Waals surface area contributed by atoms with Crippen molar-refractivity contribution in [1.29, 1.82) is 0 Å². The zero-order valence-corrected chi connectivity index (χ0v) is 11.6. The molecule has 2 rings (SSSR count). The molecule has 1 aromatic rings. The molecule has 1 amide bonds. The molecule has 2 unspecified atom stereocenters. The predicted molar refractivity (Wildman–Crippen MR) is 74.0 cm³/mol. The number of aromatic hydroxyl groups is 1. The summed E-state index contributed by atoms with van der Waals surface area (Å²) in [5.41, 5.74) is 0.424. The van der Waals surface area contributed by atoms with Gasteiger partial charge in [0.2, 0.25) is 0 Å². The van der Waals surface area contributed by atoms with Crippen molar-refractivity contribution < 1.29 is 9.90 Å². The van der Waals surface area contributed by atoms with Gasteiger partial charge in [-0.05, 0) is 30.7 Å². The number of hydrogen-bond acceptors (Lipinski definition) is 3. The molecular weight excluding hydrogens is 240 g/mol. The van der Waals surface area contributed by atoms with E-state index in [0.29, 0.717) is 17.4 Å². The smallest absolute Gasteiger partial charge is 0.253 e. The van der Waals surface area contributed by atoms with Crippen LogP contribution < -0.4 is 5.32 Å². The van der Waals surface area contributed by atoms with Crippen LogP contribution in [0.5, 0.6) is 5.75 Å². The number of aromatic nitrogens is 1. The number of amides is 1. The minimum atomic E-state index is -0.138. The number of rotatable bonds is 3. The molecule has 4 heteroatoms. The number of nitrogens with zero attached hydrogens (tertiary/aromatic N) is 1. The summed E-state index contributed by atoms with van der Waals surface area (Å²) in [6, 6.07) is 1.69. The highest BCUT2D eigenvalue weighted by atomic mass is 16.3. The topological polar surface area (TPSA) is 62.2 Å². The Hall–Kier alpha value is -1.58. The number of pyridine rings is 1. The van der Waals surface area contributed by atoms with Crippen molar-refractivity contribution in [2.24, 2.45) is 11.8 Å². The first-order chi connectivity index (χ1) is 9.08. The standard InChI is InChI=1S/C15H22N2O2/c1-10(2)13-5-3-4-6-14(13)17-15(19)11-7-12(18)9-16-8-11/h7-10,13-14,18H,3-6H2,1-2H3,(H,17,19). The fourth-order valence-corrected chi connectivity index (χ4v) is 2.94. The Balaban J connectivity index is 2.04. The first-order valence-corrected chi connectivity index (χ1v) is 7.03. The van der Waals surface area contributed by atoms with Crippen LogP contribution in [0, 0.1) is 11.8 Å². The summed E-state index contributed by atoms with van der Waals surface area (Å²) in [4.78, 5) is 16.0. The van der Waals surface area contributed by atoms with E-state index in [1.165, 1.54) is 37.7 Å². The molecule has 2 N–H and O–H groups in total. The second-order valence-electron chi connectivity index (χ2n) is 5.70. The first-order valence-electron chi connectivity index (χ1n) is 7.03. The molecule has 0 bridgehead atoms. The van der Waals surface area contributed by atoms with Crippen LogP contribution >= 0.6 is 0 Å². The van der Waals surface area contributed by atoms with Crippen molar-refractivity contribution in [3.63, 3.8) is 0 Å². The van der Waals surface area contributed by atoms with Crippen LogP contribution in [0.1, 0.15) is 49.9 Å². The SMILES string of the molecule is CC(C)C1CCCCC1NC(=O)c1cncc(O)c1. The molecule has 19 heavy (non-hydrogen) atoms. The maximum absolute atomic E-state index is 12.2. The second kappa shape index (κ2) is 6.04. The molecule has 1 saturated carbocycles. The zero-order valence-electron chi connectivity index (χ0n) is 11.6. The highest BCUT2D eigenvalue weighted by Crippen LogP contribution is 2.30. The maximum Gasteiger partial charge on any atom is 0.253 e. The van der Waals surface area contributed by atoms with E-state index in [-0.39, 0.29) is 17.7 Å². The first kappa shape index (κ1) is 13.8. The van der Waals surface area contributed by atoms with Crippen LogP contribution in [0.25, 0.3) is 0 Å². The molecule has 104 valence electrons. The molecule has 0 spiro atoms. The third kappa shape index (κ3) is 3.46. The number of carbonyl (C=O) groups is 1. The molecule has 0 aromatic carbocycles. The van der Waals surface area contributed by atoms with Gasteiger partial charge in [0.25, 0.3) is 5.91 Å². The van der Waals surface area contributed by atoms with Gasteiger partial charge in [-0.3, -0.25) is 9.78 Å². The minimum Gasteiger partial charge on any atom is -0.506 e. The molecule has 0 radical (unpaired) electrons. The normalized spacial score (nSPS) is 23.3. The zero-order chi connectivity index (χ0) is 13.8. The van der Waals surface area contributed by atoms with Gasteiger partial charge in [-0.15, -0.1) is 0 Å². The third-order valence-corrected chi connectivity index (χ3v) is 3.98. The van der Waals surface area contributed by atoms with E-state index < -0.39 is 0 Å². The van der Waals surface area contributed by atoms with E-state index in [1.807, 2.05) is 0 Å². The number of nitrogens with one attached hydrogen (secondary N) is 1. The summed E-state index contributed by atoms with van der Waals surface area (Å²) in [7, 11) is 0. The molecule has 1 aromatic heterocycles. The average molecular weight is 262 g/mol. The lowest BCUT2D eigenvalue weighted by Gasteiger charge is -2.34. The molecule has 1 aliphatic rings. The Bertz CT molecular complexity index is 446. The number of hydrogen-bond donors (Lipinski definition) is 2. The lowest BCUT2D eigenvalue weighted by atomic mass is 9.78. The van der Waals surface area contributed by atoms with Gasteiger partial charge < -0.3 is 10.4 Å². The summed E-state index contributed by atoms with van der Waals surface area (Å²) in [6.45, 7) is 4.43. The van der Waals surface area contributed by atoms with Gasteiger partial charge in [0.1, 0.15) is 5.75 Å². The Morgan fingerprint density at radius 3 is 2.79 bits per heavy atom. The van der Waals surface area contributed by atoms with Crippen LogP contribution in [0.2, 0.25) is 0 Å². The summed E-state index contributed by atoms with van der Waals surface area (Å²) in [5.74, 6) is 1.01. The van der Waals surface area contributed by atoms with Crippen LogP contribution in [0.15, 0.2) is 18.5 Å². The molecule has 1 heterocycles.